The fourth-order valence-electron chi connectivity index (χ4n) is 3.21. The first-order chi connectivity index (χ1) is 13.2. The predicted octanol–water partition coefficient (Wildman–Crippen LogP) is 1.17. The molecule has 0 aliphatic carbocycles. The van der Waals surface area contributed by atoms with E-state index in [-0.39, 0.29) is 29.6 Å². The van der Waals surface area contributed by atoms with E-state index in [2.05, 4.69) is 4.99 Å². The number of fused-ring (bicyclic) bond motifs is 1. The van der Waals surface area contributed by atoms with Crippen molar-refractivity contribution >= 4 is 44.3 Å². The second-order valence-corrected chi connectivity index (χ2v) is 9.75. The lowest BCUT2D eigenvalue weighted by atomic mass is 10.2. The van der Waals surface area contributed by atoms with Crippen molar-refractivity contribution in [1.29, 1.82) is 0 Å². The lowest BCUT2D eigenvalue weighted by Crippen LogP contribution is -2.38. The first kappa shape index (κ1) is 20.5. The Bertz CT molecular complexity index is 929. The number of thioether (sulfide) groups is 1. The number of aliphatic imine (C=N–C) groups is 1. The van der Waals surface area contributed by atoms with Gasteiger partial charge >= 0.3 is 5.97 Å². The Hall–Kier alpha value is -2.27. The van der Waals surface area contributed by atoms with Crippen LogP contribution in [-0.2, 0) is 19.4 Å². The molecule has 28 heavy (non-hydrogen) atoms. The minimum Gasteiger partial charge on any atom is -0.497 e. The smallest absolute Gasteiger partial charge is 0.303 e. The van der Waals surface area contributed by atoms with Crippen LogP contribution in [0, 0.1) is 0 Å². The molecule has 2 saturated heterocycles. The highest BCUT2D eigenvalue weighted by molar-refractivity contribution is 8.16. The number of amides is 1. The minimum atomic E-state index is -3.21. The van der Waals surface area contributed by atoms with E-state index in [1.54, 1.807) is 23.1 Å². The molecule has 0 saturated carbocycles. The van der Waals surface area contributed by atoms with E-state index in [0.717, 1.165) is 0 Å². The molecule has 9 nitrogen and oxygen atoms in total. The Morgan fingerprint density at radius 1 is 1.25 bits per heavy atom. The number of anilines is 1. The maximum Gasteiger partial charge on any atom is 0.303 e. The van der Waals surface area contributed by atoms with Crippen molar-refractivity contribution in [3.8, 4) is 11.5 Å². The van der Waals surface area contributed by atoms with Crippen LogP contribution in [0.15, 0.2) is 23.2 Å². The van der Waals surface area contributed by atoms with Crippen LogP contribution in [0.4, 0.5) is 5.69 Å². The van der Waals surface area contributed by atoms with Crippen LogP contribution in [0.3, 0.4) is 0 Å². The van der Waals surface area contributed by atoms with Gasteiger partial charge in [0.1, 0.15) is 11.5 Å². The number of amidine groups is 1. The van der Waals surface area contributed by atoms with Crippen LogP contribution in [0.2, 0.25) is 0 Å². The second-order valence-electron chi connectivity index (χ2n) is 6.39. The number of carbonyl (C=O) groups excluding carboxylic acids is 1. The zero-order valence-electron chi connectivity index (χ0n) is 15.3. The molecule has 2 atom stereocenters. The van der Waals surface area contributed by atoms with Gasteiger partial charge in [-0.05, 0) is 12.1 Å². The molecular weight excluding hydrogens is 408 g/mol. The Morgan fingerprint density at radius 2 is 2.00 bits per heavy atom. The average molecular weight is 428 g/mol. The van der Waals surface area contributed by atoms with E-state index in [4.69, 9.17) is 14.6 Å². The molecular formula is C17H20N2O7S2. The van der Waals surface area contributed by atoms with Crippen LogP contribution in [0.5, 0.6) is 11.5 Å². The normalized spacial score (nSPS) is 24.2. The summed E-state index contributed by atoms with van der Waals surface area (Å²) in [5.74, 6) is -0.693. The lowest BCUT2D eigenvalue weighted by Gasteiger charge is -2.26. The second kappa shape index (κ2) is 8.00. The SMILES string of the molecule is COc1ccc(OC)c(N2C(=NC(=O)CCC(=O)O)S[C@@H]3CS(=O)(=O)C[C@H]32)c1. The maximum atomic E-state index is 12.1. The molecule has 0 bridgehead atoms. The van der Waals surface area contributed by atoms with Crippen molar-refractivity contribution in [2.24, 2.45) is 4.99 Å². The third kappa shape index (κ3) is 4.25. The molecule has 1 N–H and O–H groups in total. The topological polar surface area (TPSA) is 123 Å². The van der Waals surface area contributed by atoms with Crippen molar-refractivity contribution in [3.63, 3.8) is 0 Å². The predicted molar refractivity (Wildman–Crippen MR) is 105 cm³/mol. The number of ether oxygens (including phenoxy) is 2. The third-order valence-corrected chi connectivity index (χ3v) is 7.69. The van der Waals surface area contributed by atoms with E-state index < -0.39 is 27.8 Å². The first-order valence-corrected chi connectivity index (χ1v) is 11.2. The van der Waals surface area contributed by atoms with Gasteiger partial charge in [0.2, 0.25) is 5.91 Å². The summed E-state index contributed by atoms with van der Waals surface area (Å²) in [6.07, 6.45) is -0.542. The summed E-state index contributed by atoms with van der Waals surface area (Å²) in [4.78, 5) is 28.6. The number of nitrogens with zero attached hydrogens (tertiary/aromatic N) is 2. The number of rotatable bonds is 6. The zero-order chi connectivity index (χ0) is 20.5. The van der Waals surface area contributed by atoms with Crippen LogP contribution < -0.4 is 14.4 Å². The van der Waals surface area contributed by atoms with Gasteiger partial charge in [0.15, 0.2) is 15.0 Å². The van der Waals surface area contributed by atoms with Gasteiger partial charge in [-0.1, -0.05) is 11.8 Å². The fourth-order valence-corrected chi connectivity index (χ4v) is 7.13. The molecule has 1 amide bonds. The van der Waals surface area contributed by atoms with E-state index in [9.17, 15) is 18.0 Å². The molecule has 2 aliphatic heterocycles. The molecule has 1 aromatic rings. The van der Waals surface area contributed by atoms with Crippen LogP contribution >= 0.6 is 11.8 Å². The molecule has 2 aliphatic rings. The highest BCUT2D eigenvalue weighted by Crippen LogP contribution is 2.44. The van der Waals surface area contributed by atoms with Gasteiger partial charge < -0.3 is 19.5 Å². The van der Waals surface area contributed by atoms with Crippen LogP contribution in [-0.4, -0.2) is 67.6 Å². The number of carbonyl (C=O) groups is 2. The molecule has 0 spiro atoms. The van der Waals surface area contributed by atoms with Gasteiger partial charge in [-0.15, -0.1) is 0 Å². The third-order valence-electron chi connectivity index (χ3n) is 4.49. The Labute approximate surface area is 166 Å². The summed E-state index contributed by atoms with van der Waals surface area (Å²) >= 11 is 1.21. The van der Waals surface area contributed by atoms with E-state index in [0.29, 0.717) is 22.4 Å². The zero-order valence-corrected chi connectivity index (χ0v) is 17.0. The van der Waals surface area contributed by atoms with Gasteiger partial charge in [0, 0.05) is 17.7 Å². The lowest BCUT2D eigenvalue weighted by molar-refractivity contribution is -0.138. The van der Waals surface area contributed by atoms with Crippen molar-refractivity contribution in [2.75, 3.05) is 30.6 Å². The number of carboxylic acid groups (broad SMARTS) is 1. The molecule has 11 heteroatoms. The number of sulfone groups is 1. The molecule has 2 fully saturated rings. The summed E-state index contributed by atoms with van der Waals surface area (Å²) in [5, 5.41) is 8.82. The van der Waals surface area contributed by atoms with Gasteiger partial charge in [0.05, 0.1) is 43.9 Å². The monoisotopic (exact) mass is 428 g/mol. The van der Waals surface area contributed by atoms with Crippen molar-refractivity contribution in [2.45, 2.75) is 24.1 Å². The molecule has 1 aromatic carbocycles. The van der Waals surface area contributed by atoms with Gasteiger partial charge in [-0.25, -0.2) is 8.42 Å². The van der Waals surface area contributed by atoms with Gasteiger partial charge in [-0.2, -0.15) is 4.99 Å². The average Bonchev–Trinajstić information content (AvgIpc) is 3.10. The summed E-state index contributed by atoms with van der Waals surface area (Å²) in [5.41, 5.74) is 0.545. The van der Waals surface area contributed by atoms with E-state index in [1.807, 2.05) is 0 Å². The van der Waals surface area contributed by atoms with Crippen molar-refractivity contribution in [3.05, 3.63) is 18.2 Å². The highest BCUT2D eigenvalue weighted by atomic mass is 32.2. The number of hydrogen-bond donors (Lipinski definition) is 1. The molecule has 3 rings (SSSR count). The van der Waals surface area contributed by atoms with E-state index in [1.165, 1.54) is 26.0 Å². The molecule has 0 aromatic heterocycles. The summed E-state index contributed by atoms with van der Waals surface area (Å²) in [6, 6.07) is 4.70. The number of carboxylic acids is 1. The summed E-state index contributed by atoms with van der Waals surface area (Å²) in [7, 11) is -0.203. The Balaban J connectivity index is 2.02. The minimum absolute atomic E-state index is 0.00649. The van der Waals surface area contributed by atoms with Gasteiger partial charge in [-0.3, -0.25) is 9.59 Å². The van der Waals surface area contributed by atoms with Gasteiger partial charge in [0.25, 0.3) is 0 Å². The first-order valence-electron chi connectivity index (χ1n) is 8.45. The summed E-state index contributed by atoms with van der Waals surface area (Å²) in [6.45, 7) is 0. The van der Waals surface area contributed by atoms with E-state index >= 15 is 0 Å². The number of methoxy groups -OCH3 is 2. The fraction of sp³-hybridized carbons (Fsp3) is 0.471. The highest BCUT2D eigenvalue weighted by Gasteiger charge is 2.50. The standard InChI is InChI=1S/C17H20N2O7S2/c1-25-10-3-4-13(26-2)11(7-10)19-12-8-28(23,24)9-14(12)27-17(19)18-15(20)5-6-16(21)22/h3-4,7,12,14H,5-6,8-9H2,1-2H3,(H,21,22)/t12-,14-/m1/s1. The Kier molecular flexibility index (Phi) is 5.84. The quantitative estimate of drug-likeness (QED) is 0.711. The maximum absolute atomic E-state index is 12.1. The molecule has 0 radical (unpaired) electrons. The number of benzene rings is 1. The van der Waals surface area contributed by atoms with Crippen molar-refractivity contribution < 1.29 is 32.6 Å². The summed E-state index contributed by atoms with van der Waals surface area (Å²) < 4.78 is 35.0. The van der Waals surface area contributed by atoms with Crippen molar-refractivity contribution in [1.82, 2.24) is 0 Å². The van der Waals surface area contributed by atoms with Crippen LogP contribution in [0.25, 0.3) is 0 Å². The molecule has 0 unspecified atom stereocenters. The number of aliphatic carboxylic acids is 1. The largest absolute Gasteiger partial charge is 0.497 e. The number of hydrogen-bond acceptors (Lipinski definition) is 7. The Morgan fingerprint density at radius 3 is 2.64 bits per heavy atom. The molecule has 152 valence electrons. The van der Waals surface area contributed by atoms with Crippen LogP contribution in [0.1, 0.15) is 12.8 Å². The molecule has 2 heterocycles.